The Hall–Kier alpha value is -5.78. The van der Waals surface area contributed by atoms with Gasteiger partial charge in [0.2, 0.25) is 0 Å². The van der Waals surface area contributed by atoms with E-state index in [9.17, 15) is 32.3 Å². The fraction of sp³-hybridized carbons (Fsp3) is 0.293. The fourth-order valence-corrected chi connectivity index (χ4v) is 5.96. The van der Waals surface area contributed by atoms with Gasteiger partial charge in [-0.15, -0.1) is 0 Å². The highest BCUT2D eigenvalue weighted by Crippen LogP contribution is 2.33. The molecule has 0 saturated carbocycles. The van der Waals surface area contributed by atoms with Crippen LogP contribution in [0.2, 0.25) is 0 Å². The number of allylic oxidation sites excluding steroid dienone is 5. The van der Waals surface area contributed by atoms with Crippen LogP contribution in [0.25, 0.3) is 11.1 Å². The number of carbonyl (C=O) groups excluding carboxylic acids is 4. The van der Waals surface area contributed by atoms with Crippen LogP contribution in [0.15, 0.2) is 113 Å². The summed E-state index contributed by atoms with van der Waals surface area (Å²) in [6, 6.07) is 16.7. The lowest BCUT2D eigenvalue weighted by atomic mass is 9.92. The number of carbonyl (C=O) groups is 4. The molecule has 2 aromatic carbocycles. The van der Waals surface area contributed by atoms with Crippen LogP contribution in [0.1, 0.15) is 72.3 Å². The molecule has 9 nitrogen and oxygen atoms in total. The number of rotatable bonds is 12. The van der Waals surface area contributed by atoms with Gasteiger partial charge in [-0.25, -0.2) is 4.79 Å². The minimum absolute atomic E-state index is 0.0690. The molecule has 1 aromatic heterocycles. The summed E-state index contributed by atoms with van der Waals surface area (Å²) in [5.41, 5.74) is 4.03. The van der Waals surface area contributed by atoms with Crippen LogP contribution in [-0.4, -0.2) is 47.7 Å². The van der Waals surface area contributed by atoms with Crippen molar-refractivity contribution in [3.63, 3.8) is 0 Å². The van der Waals surface area contributed by atoms with Crippen molar-refractivity contribution in [1.82, 2.24) is 15.2 Å². The third-order valence-electron chi connectivity index (χ3n) is 8.76. The van der Waals surface area contributed by atoms with Crippen molar-refractivity contribution in [3.05, 3.63) is 136 Å². The molecule has 5 rings (SSSR count). The summed E-state index contributed by atoms with van der Waals surface area (Å²) >= 11 is 0. The van der Waals surface area contributed by atoms with Crippen molar-refractivity contribution in [2.45, 2.75) is 64.7 Å². The Morgan fingerprint density at radius 1 is 0.887 bits per heavy atom. The molecule has 0 radical (unpaired) electrons. The Morgan fingerprint density at radius 2 is 1.64 bits per heavy atom. The van der Waals surface area contributed by atoms with Crippen LogP contribution in [-0.2, 0) is 36.6 Å². The molecule has 0 aliphatic heterocycles. The zero-order valence-corrected chi connectivity index (χ0v) is 29.7. The maximum atomic E-state index is 13.6. The Labute approximate surface area is 305 Å². The largest absolute Gasteiger partial charge is 0.456 e. The van der Waals surface area contributed by atoms with Crippen molar-refractivity contribution < 1.29 is 41.8 Å². The van der Waals surface area contributed by atoms with E-state index >= 15 is 0 Å². The van der Waals surface area contributed by atoms with Gasteiger partial charge in [0, 0.05) is 49.5 Å². The number of aromatic nitrogens is 1. The van der Waals surface area contributed by atoms with Crippen molar-refractivity contribution in [1.29, 1.82) is 0 Å². The lowest BCUT2D eigenvalue weighted by molar-refractivity contribution is -0.140. The average molecular weight is 728 g/mol. The van der Waals surface area contributed by atoms with Gasteiger partial charge >= 0.3 is 18.1 Å². The number of nitrogens with one attached hydrogen (secondary N) is 1. The molecule has 0 atom stereocenters. The first-order valence-corrected chi connectivity index (χ1v) is 17.2. The van der Waals surface area contributed by atoms with E-state index in [1.54, 1.807) is 62.7 Å². The van der Waals surface area contributed by atoms with Gasteiger partial charge in [0.15, 0.2) is 0 Å². The topological polar surface area (TPSA) is 115 Å². The van der Waals surface area contributed by atoms with Gasteiger partial charge in [-0.1, -0.05) is 42.0 Å². The number of likely N-dealkylation sites (N-methyl/N-ethyl adjacent to an activating group) is 1. The van der Waals surface area contributed by atoms with Gasteiger partial charge in [0.05, 0.1) is 16.8 Å². The van der Waals surface area contributed by atoms with E-state index < -0.39 is 29.6 Å². The quantitative estimate of drug-likeness (QED) is 0.189. The van der Waals surface area contributed by atoms with Crippen LogP contribution in [0.5, 0.6) is 0 Å². The number of alkyl halides is 3. The van der Waals surface area contributed by atoms with Crippen molar-refractivity contribution in [3.8, 4) is 11.1 Å². The monoisotopic (exact) mass is 727 g/mol. The lowest BCUT2D eigenvalue weighted by Crippen LogP contribution is -2.31. The number of esters is 2. The first kappa shape index (κ1) is 38.5. The van der Waals surface area contributed by atoms with E-state index in [1.165, 1.54) is 17.0 Å². The molecule has 2 amide bonds. The number of nitrogens with zero attached hydrogens (tertiary/aromatic N) is 2. The summed E-state index contributed by atoms with van der Waals surface area (Å²) in [5, 5.41) is 2.89. The summed E-state index contributed by atoms with van der Waals surface area (Å²) in [5.74, 6) is -1.18. The number of halogens is 3. The minimum Gasteiger partial charge on any atom is -0.456 e. The van der Waals surface area contributed by atoms with Crippen molar-refractivity contribution in [2.75, 3.05) is 14.1 Å². The fourth-order valence-electron chi connectivity index (χ4n) is 5.96. The van der Waals surface area contributed by atoms with Gasteiger partial charge in [-0.2, -0.15) is 13.2 Å². The van der Waals surface area contributed by atoms with Crippen LogP contribution < -0.4 is 5.32 Å². The zero-order valence-electron chi connectivity index (χ0n) is 29.7. The molecule has 53 heavy (non-hydrogen) atoms. The molecule has 1 N–H and O–H groups in total. The van der Waals surface area contributed by atoms with Gasteiger partial charge in [-0.05, 0) is 98.7 Å². The van der Waals surface area contributed by atoms with Gasteiger partial charge in [0.1, 0.15) is 12.4 Å². The summed E-state index contributed by atoms with van der Waals surface area (Å²) in [6.07, 6.45) is 3.29. The SMILES string of the molecule is Cc1cccc(COC(=O)C2=CC=C(OC(=O)CCCC3=CC(C(=O)N(C)C)=C(NC(=O)c4ccccc4-c4ccc(C(F)(F)F)cc4)CC3)CC2)n1. The number of amides is 2. The summed E-state index contributed by atoms with van der Waals surface area (Å²) in [7, 11) is 3.22. The second kappa shape index (κ2) is 17.2. The molecular weight excluding hydrogens is 687 g/mol. The Bertz CT molecular complexity index is 2010. The third-order valence-corrected chi connectivity index (χ3v) is 8.76. The number of pyridine rings is 1. The Kier molecular flexibility index (Phi) is 12.4. The number of benzene rings is 2. The highest BCUT2D eigenvalue weighted by molar-refractivity contribution is 6.03. The normalized spacial score (nSPS) is 14.4. The summed E-state index contributed by atoms with van der Waals surface area (Å²) in [4.78, 5) is 57.6. The van der Waals surface area contributed by atoms with E-state index in [0.717, 1.165) is 23.4 Å². The third kappa shape index (κ3) is 10.4. The number of hydrogen-bond acceptors (Lipinski definition) is 7. The molecule has 276 valence electrons. The van der Waals surface area contributed by atoms with E-state index in [2.05, 4.69) is 10.3 Å². The van der Waals surface area contributed by atoms with Crippen LogP contribution in [0.3, 0.4) is 0 Å². The molecule has 2 aliphatic carbocycles. The number of ether oxygens (including phenoxy) is 2. The maximum Gasteiger partial charge on any atom is 0.416 e. The standard InChI is InChI=1S/C41H40F3N3O6/c1-26-8-6-10-31(45-26)25-52-40(51)29-17-21-32(22-18-29)53-37(48)13-7-9-27-14-23-36(35(24-27)39(50)47(2)3)46-38(49)34-12-5-4-11-33(34)28-15-19-30(20-16-28)41(42,43)44/h4-6,8,10-12,15-17,19-21,24H,7,9,13-14,18,22-23,25H2,1-3H3,(H,46,49). The zero-order chi connectivity index (χ0) is 38.1. The van der Waals surface area contributed by atoms with Gasteiger partial charge in [0.25, 0.3) is 11.8 Å². The molecule has 0 fully saturated rings. The van der Waals surface area contributed by atoms with Gasteiger partial charge in [-0.3, -0.25) is 19.4 Å². The average Bonchev–Trinajstić information content (AvgIpc) is 3.14. The molecule has 0 saturated heterocycles. The molecule has 0 spiro atoms. The highest BCUT2D eigenvalue weighted by atomic mass is 19.4. The summed E-state index contributed by atoms with van der Waals surface area (Å²) < 4.78 is 50.3. The predicted molar refractivity (Wildman–Crippen MR) is 191 cm³/mol. The van der Waals surface area contributed by atoms with Gasteiger partial charge < -0.3 is 19.7 Å². The number of hydrogen-bond donors (Lipinski definition) is 1. The van der Waals surface area contributed by atoms with E-state index in [4.69, 9.17) is 9.47 Å². The van der Waals surface area contributed by atoms with Crippen molar-refractivity contribution >= 4 is 23.8 Å². The van der Waals surface area contributed by atoms with E-state index in [0.29, 0.717) is 77.9 Å². The van der Waals surface area contributed by atoms with Crippen LogP contribution in [0, 0.1) is 6.92 Å². The van der Waals surface area contributed by atoms with Crippen molar-refractivity contribution in [2.24, 2.45) is 0 Å². The molecule has 0 unspecified atom stereocenters. The molecule has 1 heterocycles. The minimum atomic E-state index is -4.48. The molecule has 0 bridgehead atoms. The lowest BCUT2D eigenvalue weighted by Gasteiger charge is -2.23. The van der Waals surface area contributed by atoms with Crippen LogP contribution in [0.4, 0.5) is 13.2 Å². The van der Waals surface area contributed by atoms with E-state index in [1.807, 2.05) is 19.1 Å². The number of aryl methyl sites for hydroxylation is 1. The predicted octanol–water partition coefficient (Wildman–Crippen LogP) is 7.93. The Morgan fingerprint density at radius 3 is 2.32 bits per heavy atom. The van der Waals surface area contributed by atoms with Crippen LogP contribution >= 0.6 is 0 Å². The smallest absolute Gasteiger partial charge is 0.416 e. The molecule has 3 aromatic rings. The second-order valence-corrected chi connectivity index (χ2v) is 13.0. The first-order chi connectivity index (χ1) is 25.3. The maximum absolute atomic E-state index is 13.6. The second-order valence-electron chi connectivity index (χ2n) is 13.0. The Balaban J connectivity index is 1.17. The van der Waals surface area contributed by atoms with E-state index in [-0.39, 0.29) is 24.5 Å². The first-order valence-electron chi connectivity index (χ1n) is 17.2. The molecule has 2 aliphatic rings. The molecular formula is C41H40F3N3O6. The summed E-state index contributed by atoms with van der Waals surface area (Å²) in [6.45, 7) is 1.93. The highest BCUT2D eigenvalue weighted by Gasteiger charge is 2.30. The molecule has 12 heteroatoms.